The second kappa shape index (κ2) is 11.8. The first-order valence-electron chi connectivity index (χ1n) is 10.7. The van der Waals surface area contributed by atoms with Gasteiger partial charge in [-0.1, -0.05) is 30.3 Å². The van der Waals surface area contributed by atoms with Crippen LogP contribution in [0.1, 0.15) is 33.3 Å². The summed E-state index contributed by atoms with van der Waals surface area (Å²) in [7, 11) is 0. The molecule has 1 fully saturated rings. The van der Waals surface area contributed by atoms with E-state index in [2.05, 4.69) is 61.1 Å². The first-order chi connectivity index (χ1) is 13.9. The van der Waals surface area contributed by atoms with Crippen molar-refractivity contribution >= 4 is 11.9 Å². The lowest BCUT2D eigenvalue weighted by molar-refractivity contribution is -0.121. The summed E-state index contributed by atoms with van der Waals surface area (Å²) >= 11 is 0. The van der Waals surface area contributed by atoms with Crippen molar-refractivity contribution in [1.82, 2.24) is 25.8 Å². The van der Waals surface area contributed by atoms with Crippen molar-refractivity contribution in [3.8, 4) is 0 Å². The van der Waals surface area contributed by atoms with Gasteiger partial charge in [0.1, 0.15) is 6.54 Å². The van der Waals surface area contributed by atoms with Crippen LogP contribution in [0.2, 0.25) is 0 Å². The highest BCUT2D eigenvalue weighted by Gasteiger charge is 2.17. The molecular formula is C22H38N6O. The van der Waals surface area contributed by atoms with Crippen LogP contribution in [-0.4, -0.2) is 79.6 Å². The molecule has 0 atom stereocenters. The van der Waals surface area contributed by atoms with Gasteiger partial charge in [0.2, 0.25) is 5.91 Å². The van der Waals surface area contributed by atoms with Gasteiger partial charge in [-0.05, 0) is 33.3 Å². The number of nitrogens with one attached hydrogen (secondary N) is 3. The number of hydrogen-bond acceptors (Lipinski definition) is 4. The molecule has 1 aromatic rings. The molecular weight excluding hydrogens is 364 g/mol. The molecule has 0 bridgehead atoms. The molecule has 0 aromatic heterocycles. The molecule has 2 rings (SSSR count). The normalized spacial score (nSPS) is 16.5. The Kier molecular flexibility index (Phi) is 9.41. The number of nitrogens with zero attached hydrogens (tertiary/aromatic N) is 3. The summed E-state index contributed by atoms with van der Waals surface area (Å²) < 4.78 is 0. The Morgan fingerprint density at radius 3 is 2.31 bits per heavy atom. The average molecular weight is 403 g/mol. The topological polar surface area (TPSA) is 72.0 Å². The average Bonchev–Trinajstić information content (AvgIpc) is 2.67. The highest BCUT2D eigenvalue weighted by atomic mass is 16.2. The molecule has 162 valence electrons. The summed E-state index contributed by atoms with van der Waals surface area (Å²) in [6.45, 7) is 16.0. The van der Waals surface area contributed by atoms with Crippen molar-refractivity contribution in [3.63, 3.8) is 0 Å². The predicted octanol–water partition coefficient (Wildman–Crippen LogP) is 1.27. The van der Waals surface area contributed by atoms with Crippen LogP contribution < -0.4 is 16.0 Å². The molecule has 3 N–H and O–H groups in total. The second-order valence-electron chi connectivity index (χ2n) is 8.52. The number of carbonyl (C=O) groups excluding carboxylic acids is 1. The van der Waals surface area contributed by atoms with Gasteiger partial charge in [0.15, 0.2) is 5.96 Å². The molecule has 29 heavy (non-hydrogen) atoms. The summed E-state index contributed by atoms with van der Waals surface area (Å²) in [4.78, 5) is 21.3. The molecule has 1 heterocycles. The summed E-state index contributed by atoms with van der Waals surface area (Å²) in [5.41, 5.74) is 1.14. The van der Waals surface area contributed by atoms with Gasteiger partial charge in [0.25, 0.3) is 0 Å². The van der Waals surface area contributed by atoms with Gasteiger partial charge < -0.3 is 16.0 Å². The van der Waals surface area contributed by atoms with E-state index in [1.807, 2.05) is 27.7 Å². The minimum Gasteiger partial charge on any atom is -0.357 e. The molecule has 1 saturated heterocycles. The fraction of sp³-hybridized carbons (Fsp3) is 0.636. The van der Waals surface area contributed by atoms with Crippen molar-refractivity contribution in [2.75, 3.05) is 52.4 Å². The number of hydrogen-bond donors (Lipinski definition) is 3. The van der Waals surface area contributed by atoms with E-state index in [1.165, 1.54) is 5.56 Å². The Balaban J connectivity index is 1.68. The second-order valence-corrected chi connectivity index (χ2v) is 8.52. The van der Waals surface area contributed by atoms with Crippen LogP contribution in [0.3, 0.4) is 0 Å². The SMILES string of the molecule is CCNC(=NCC(=O)NC(C)(C)C)NCCN1CCN(Cc2ccccc2)CC1. The molecule has 7 nitrogen and oxygen atoms in total. The van der Waals surface area contributed by atoms with Crippen LogP contribution in [0.5, 0.6) is 0 Å². The van der Waals surface area contributed by atoms with Crippen molar-refractivity contribution in [2.45, 2.75) is 39.8 Å². The van der Waals surface area contributed by atoms with Gasteiger partial charge in [0, 0.05) is 57.9 Å². The lowest BCUT2D eigenvalue weighted by Gasteiger charge is -2.34. The smallest absolute Gasteiger partial charge is 0.242 e. The van der Waals surface area contributed by atoms with Crippen LogP contribution in [0.25, 0.3) is 0 Å². The zero-order valence-corrected chi connectivity index (χ0v) is 18.5. The van der Waals surface area contributed by atoms with Crippen LogP contribution in [0.4, 0.5) is 0 Å². The zero-order valence-electron chi connectivity index (χ0n) is 18.5. The Morgan fingerprint density at radius 1 is 1.03 bits per heavy atom. The van der Waals surface area contributed by atoms with Crippen LogP contribution in [0.15, 0.2) is 35.3 Å². The third-order valence-electron chi connectivity index (χ3n) is 4.67. The zero-order chi connectivity index (χ0) is 21.1. The minimum atomic E-state index is -0.235. The maximum atomic E-state index is 12.0. The van der Waals surface area contributed by atoms with E-state index in [-0.39, 0.29) is 18.0 Å². The Bertz CT molecular complexity index is 632. The van der Waals surface area contributed by atoms with E-state index in [0.29, 0.717) is 5.96 Å². The summed E-state index contributed by atoms with van der Waals surface area (Å²) in [6, 6.07) is 10.7. The first-order valence-corrected chi connectivity index (χ1v) is 10.7. The molecule has 1 amide bonds. The molecule has 0 aliphatic carbocycles. The van der Waals surface area contributed by atoms with Crippen LogP contribution in [0, 0.1) is 0 Å². The molecule has 0 radical (unpaired) electrons. The van der Waals surface area contributed by atoms with E-state index in [1.54, 1.807) is 0 Å². The standard InChI is InChI=1S/C22H38N6O/c1-5-23-21(25-17-20(29)26-22(2,3)4)24-11-12-27-13-15-28(16-14-27)18-19-9-7-6-8-10-19/h6-10H,5,11-18H2,1-4H3,(H,26,29)(H2,23,24,25). The van der Waals surface area contributed by atoms with E-state index in [0.717, 1.165) is 52.4 Å². The van der Waals surface area contributed by atoms with Gasteiger partial charge in [0.05, 0.1) is 0 Å². The molecule has 1 aliphatic heterocycles. The maximum Gasteiger partial charge on any atom is 0.242 e. The van der Waals surface area contributed by atoms with E-state index >= 15 is 0 Å². The monoisotopic (exact) mass is 402 g/mol. The van der Waals surface area contributed by atoms with E-state index in [9.17, 15) is 4.79 Å². The third-order valence-corrected chi connectivity index (χ3v) is 4.67. The maximum absolute atomic E-state index is 12.0. The molecule has 1 aromatic carbocycles. The summed E-state index contributed by atoms with van der Waals surface area (Å²) in [5.74, 6) is 0.628. The number of piperazine rings is 1. The van der Waals surface area contributed by atoms with E-state index < -0.39 is 0 Å². The highest BCUT2D eigenvalue weighted by Crippen LogP contribution is 2.08. The molecule has 0 spiro atoms. The minimum absolute atomic E-state index is 0.0655. The van der Waals surface area contributed by atoms with Gasteiger partial charge in [-0.2, -0.15) is 0 Å². The third kappa shape index (κ3) is 9.76. The number of carbonyl (C=O) groups is 1. The lowest BCUT2D eigenvalue weighted by Crippen LogP contribution is -2.49. The molecule has 7 heteroatoms. The quantitative estimate of drug-likeness (QED) is 0.451. The van der Waals surface area contributed by atoms with Crippen molar-refractivity contribution in [2.24, 2.45) is 4.99 Å². The van der Waals surface area contributed by atoms with Gasteiger partial charge in [-0.15, -0.1) is 0 Å². The Labute approximate surface area is 175 Å². The summed E-state index contributed by atoms with van der Waals surface area (Å²) in [6.07, 6.45) is 0. The van der Waals surface area contributed by atoms with Crippen molar-refractivity contribution in [3.05, 3.63) is 35.9 Å². The molecule has 0 saturated carbocycles. The number of rotatable bonds is 8. The predicted molar refractivity (Wildman–Crippen MR) is 120 cm³/mol. The number of guanidine groups is 1. The fourth-order valence-electron chi connectivity index (χ4n) is 3.30. The Morgan fingerprint density at radius 2 is 1.69 bits per heavy atom. The van der Waals surface area contributed by atoms with E-state index in [4.69, 9.17) is 0 Å². The van der Waals surface area contributed by atoms with Crippen LogP contribution >= 0.6 is 0 Å². The fourth-order valence-corrected chi connectivity index (χ4v) is 3.30. The van der Waals surface area contributed by atoms with Crippen molar-refractivity contribution in [1.29, 1.82) is 0 Å². The first kappa shape index (κ1) is 23.2. The summed E-state index contributed by atoms with van der Waals surface area (Å²) in [5, 5.41) is 9.48. The molecule has 1 aliphatic rings. The number of benzene rings is 1. The van der Waals surface area contributed by atoms with Gasteiger partial charge in [-0.3, -0.25) is 14.6 Å². The highest BCUT2D eigenvalue weighted by molar-refractivity contribution is 5.85. The lowest BCUT2D eigenvalue weighted by atomic mass is 10.1. The van der Waals surface area contributed by atoms with Gasteiger partial charge in [-0.25, -0.2) is 4.99 Å². The molecule has 0 unspecified atom stereocenters. The number of amides is 1. The number of aliphatic imine (C=N–C) groups is 1. The van der Waals surface area contributed by atoms with Crippen LogP contribution in [-0.2, 0) is 11.3 Å². The Hall–Kier alpha value is -2.12. The largest absolute Gasteiger partial charge is 0.357 e. The van der Waals surface area contributed by atoms with Gasteiger partial charge >= 0.3 is 0 Å². The van der Waals surface area contributed by atoms with Crippen molar-refractivity contribution < 1.29 is 4.79 Å².